The van der Waals surface area contributed by atoms with Crippen molar-refractivity contribution in [1.29, 1.82) is 0 Å². The topological polar surface area (TPSA) is 61.9 Å². The van der Waals surface area contributed by atoms with E-state index in [1.54, 1.807) is 35.1 Å². The highest BCUT2D eigenvalue weighted by Gasteiger charge is 2.17. The molecule has 7 heteroatoms. The molecule has 4 rings (SSSR count). The molecule has 0 aliphatic carbocycles. The van der Waals surface area contributed by atoms with Crippen molar-refractivity contribution >= 4 is 0 Å². The normalized spacial score (nSPS) is 11.7. The number of aryl methyl sites for hydroxylation is 1. The zero-order valence-corrected chi connectivity index (χ0v) is 19.2. The van der Waals surface area contributed by atoms with Crippen LogP contribution < -0.4 is 5.56 Å². The molecule has 0 radical (unpaired) electrons. The fraction of sp³-hybridized carbons (Fsp3) is 0.269. The van der Waals surface area contributed by atoms with Crippen LogP contribution in [0.4, 0.5) is 4.39 Å². The molecule has 0 atom stereocenters. The van der Waals surface area contributed by atoms with Crippen LogP contribution in [0.1, 0.15) is 37.7 Å². The van der Waals surface area contributed by atoms with Gasteiger partial charge in [-0.1, -0.05) is 42.0 Å². The van der Waals surface area contributed by atoms with Gasteiger partial charge in [0.25, 0.3) is 5.56 Å². The Hall–Kier alpha value is -3.58. The molecule has 6 nitrogen and oxygen atoms in total. The van der Waals surface area contributed by atoms with Crippen LogP contribution in [0.5, 0.6) is 0 Å². The van der Waals surface area contributed by atoms with Crippen molar-refractivity contribution in [1.82, 2.24) is 19.3 Å². The van der Waals surface area contributed by atoms with Gasteiger partial charge in [-0.3, -0.25) is 9.36 Å². The Labute approximate surface area is 192 Å². The van der Waals surface area contributed by atoms with Gasteiger partial charge in [0, 0.05) is 17.8 Å². The van der Waals surface area contributed by atoms with Crippen LogP contribution >= 0.6 is 0 Å². The SMILES string of the molecule is Cc1cccc(Cn2nc(COC(C)(C)C)nc2-c2ccc(=O)n(-c3ccccc3F)c2)c1. The Kier molecular flexibility index (Phi) is 6.24. The van der Waals surface area contributed by atoms with Gasteiger partial charge in [-0.15, -0.1) is 0 Å². The number of nitrogens with zero attached hydrogens (tertiary/aromatic N) is 4. The molecular formula is C26H27FN4O2. The Morgan fingerprint density at radius 1 is 1.03 bits per heavy atom. The van der Waals surface area contributed by atoms with Gasteiger partial charge in [0.05, 0.1) is 17.8 Å². The van der Waals surface area contributed by atoms with Crippen LogP contribution in [-0.2, 0) is 17.9 Å². The summed E-state index contributed by atoms with van der Waals surface area (Å²) >= 11 is 0. The van der Waals surface area contributed by atoms with Crippen LogP contribution in [0.15, 0.2) is 71.7 Å². The highest BCUT2D eigenvalue weighted by Crippen LogP contribution is 2.21. The summed E-state index contributed by atoms with van der Waals surface area (Å²) in [7, 11) is 0. The molecule has 33 heavy (non-hydrogen) atoms. The van der Waals surface area contributed by atoms with Gasteiger partial charge in [-0.05, 0) is 51.5 Å². The summed E-state index contributed by atoms with van der Waals surface area (Å²) in [5.41, 5.74) is 2.40. The van der Waals surface area contributed by atoms with E-state index in [1.165, 1.54) is 16.7 Å². The zero-order valence-electron chi connectivity index (χ0n) is 19.2. The van der Waals surface area contributed by atoms with E-state index in [4.69, 9.17) is 9.72 Å². The molecule has 4 aromatic rings. The lowest BCUT2D eigenvalue weighted by Crippen LogP contribution is -2.19. The molecule has 170 valence electrons. The lowest BCUT2D eigenvalue weighted by atomic mass is 10.1. The maximum atomic E-state index is 14.4. The number of hydrogen-bond acceptors (Lipinski definition) is 4. The highest BCUT2D eigenvalue weighted by molar-refractivity contribution is 5.55. The van der Waals surface area contributed by atoms with E-state index in [2.05, 4.69) is 11.2 Å². The third kappa shape index (κ3) is 5.43. The predicted octanol–water partition coefficient (Wildman–Crippen LogP) is 4.91. The number of rotatable bonds is 6. The van der Waals surface area contributed by atoms with Gasteiger partial charge < -0.3 is 4.74 Å². The summed E-state index contributed by atoms with van der Waals surface area (Å²) in [5, 5.41) is 4.68. The Bertz CT molecular complexity index is 1330. The summed E-state index contributed by atoms with van der Waals surface area (Å²) in [6.45, 7) is 8.72. The quantitative estimate of drug-likeness (QED) is 0.422. The van der Waals surface area contributed by atoms with Gasteiger partial charge in [-0.2, -0.15) is 5.10 Å². The smallest absolute Gasteiger partial charge is 0.255 e. The molecule has 0 bridgehead atoms. The molecule has 2 aromatic heterocycles. The number of halogens is 1. The summed E-state index contributed by atoms with van der Waals surface area (Å²) < 4.78 is 23.4. The zero-order chi connectivity index (χ0) is 23.6. The average Bonchev–Trinajstić information content (AvgIpc) is 3.15. The van der Waals surface area contributed by atoms with Crippen LogP contribution in [0.3, 0.4) is 0 Å². The average molecular weight is 447 g/mol. The second-order valence-electron chi connectivity index (χ2n) is 8.98. The molecule has 0 spiro atoms. The first-order valence-electron chi connectivity index (χ1n) is 10.8. The fourth-order valence-electron chi connectivity index (χ4n) is 3.49. The molecular weight excluding hydrogens is 419 g/mol. The van der Waals surface area contributed by atoms with Crippen molar-refractivity contribution in [2.24, 2.45) is 0 Å². The Balaban J connectivity index is 1.78. The number of pyridine rings is 1. The van der Waals surface area contributed by atoms with Crippen molar-refractivity contribution in [2.45, 2.75) is 46.4 Å². The first-order chi connectivity index (χ1) is 15.7. The molecule has 0 aliphatic heterocycles. The van der Waals surface area contributed by atoms with E-state index in [0.717, 1.165) is 11.1 Å². The van der Waals surface area contributed by atoms with E-state index in [1.807, 2.05) is 45.9 Å². The van der Waals surface area contributed by atoms with Crippen molar-refractivity contribution in [3.05, 3.63) is 100.0 Å². The van der Waals surface area contributed by atoms with Crippen molar-refractivity contribution in [3.63, 3.8) is 0 Å². The van der Waals surface area contributed by atoms with Gasteiger partial charge >= 0.3 is 0 Å². The van der Waals surface area contributed by atoms with Gasteiger partial charge in [-0.25, -0.2) is 14.1 Å². The van der Waals surface area contributed by atoms with E-state index in [9.17, 15) is 9.18 Å². The highest BCUT2D eigenvalue weighted by atomic mass is 19.1. The summed E-state index contributed by atoms with van der Waals surface area (Å²) in [6, 6.07) is 17.5. The number of hydrogen-bond donors (Lipinski definition) is 0. The lowest BCUT2D eigenvalue weighted by molar-refractivity contribution is -0.0181. The van der Waals surface area contributed by atoms with Crippen LogP contribution in [0, 0.1) is 12.7 Å². The largest absolute Gasteiger partial charge is 0.368 e. The van der Waals surface area contributed by atoms with Crippen LogP contribution in [-0.4, -0.2) is 24.9 Å². The monoisotopic (exact) mass is 446 g/mol. The maximum absolute atomic E-state index is 14.4. The lowest BCUT2D eigenvalue weighted by Gasteiger charge is -2.17. The molecule has 0 amide bonds. The van der Waals surface area contributed by atoms with E-state index in [-0.39, 0.29) is 23.5 Å². The Morgan fingerprint density at radius 3 is 2.55 bits per heavy atom. The van der Waals surface area contributed by atoms with E-state index in [0.29, 0.717) is 23.8 Å². The minimum Gasteiger partial charge on any atom is -0.368 e. The third-order valence-electron chi connectivity index (χ3n) is 5.05. The molecule has 2 aromatic carbocycles. The van der Waals surface area contributed by atoms with Gasteiger partial charge in [0.1, 0.15) is 12.4 Å². The summed E-state index contributed by atoms with van der Waals surface area (Å²) in [5.74, 6) is 0.641. The summed E-state index contributed by atoms with van der Waals surface area (Å²) in [4.78, 5) is 17.2. The number of ether oxygens (including phenoxy) is 1. The molecule has 0 N–H and O–H groups in total. The first-order valence-corrected chi connectivity index (χ1v) is 10.8. The third-order valence-corrected chi connectivity index (χ3v) is 5.05. The number of benzene rings is 2. The minimum absolute atomic E-state index is 0.186. The molecule has 0 saturated carbocycles. The van der Waals surface area contributed by atoms with E-state index >= 15 is 0 Å². The second-order valence-corrected chi connectivity index (χ2v) is 8.98. The van der Waals surface area contributed by atoms with Crippen molar-refractivity contribution in [3.8, 4) is 17.1 Å². The molecule has 0 fully saturated rings. The predicted molar refractivity (Wildman–Crippen MR) is 126 cm³/mol. The fourth-order valence-corrected chi connectivity index (χ4v) is 3.49. The molecule has 0 saturated heterocycles. The molecule has 2 heterocycles. The number of para-hydroxylation sites is 1. The second kappa shape index (κ2) is 9.11. The van der Waals surface area contributed by atoms with Gasteiger partial charge in [0.15, 0.2) is 11.6 Å². The standard InChI is InChI=1S/C26H27FN4O2/c1-18-8-7-9-19(14-18)15-31-25(28-23(29-31)17-33-26(2,3)4)20-12-13-24(32)30(16-20)22-11-6-5-10-21(22)27/h5-14,16H,15,17H2,1-4H3. The summed E-state index contributed by atoms with van der Waals surface area (Å²) in [6.07, 6.45) is 1.60. The Morgan fingerprint density at radius 2 is 1.82 bits per heavy atom. The molecule has 0 aliphatic rings. The van der Waals surface area contributed by atoms with Crippen LogP contribution in [0.2, 0.25) is 0 Å². The maximum Gasteiger partial charge on any atom is 0.255 e. The molecule has 0 unspecified atom stereocenters. The van der Waals surface area contributed by atoms with Crippen molar-refractivity contribution < 1.29 is 9.13 Å². The van der Waals surface area contributed by atoms with Gasteiger partial charge in [0.2, 0.25) is 0 Å². The minimum atomic E-state index is -0.475. The van der Waals surface area contributed by atoms with Crippen molar-refractivity contribution in [2.75, 3.05) is 0 Å². The first kappa shape index (κ1) is 22.6. The van der Waals surface area contributed by atoms with Crippen LogP contribution in [0.25, 0.3) is 17.1 Å². The number of aromatic nitrogens is 4. The van der Waals surface area contributed by atoms with E-state index < -0.39 is 5.82 Å².